The number of hydrogen-bond acceptors (Lipinski definition) is 4. The van der Waals surface area contributed by atoms with E-state index in [1.54, 1.807) is 6.20 Å². The number of hydrogen-bond donors (Lipinski definition) is 1. The Hall–Kier alpha value is -1.07. The summed E-state index contributed by atoms with van der Waals surface area (Å²) in [4.78, 5) is 4.14. The van der Waals surface area contributed by atoms with Gasteiger partial charge in [0.2, 0.25) is 5.84 Å². The highest BCUT2D eigenvalue weighted by Crippen LogP contribution is 2.15. The molecule has 0 saturated carbocycles. The molecule has 1 rings (SSSR count). The molecule has 0 aliphatic carbocycles. The summed E-state index contributed by atoms with van der Waals surface area (Å²) in [7, 11) is 1.93. The summed E-state index contributed by atoms with van der Waals surface area (Å²) >= 11 is 0. The van der Waals surface area contributed by atoms with Crippen molar-refractivity contribution in [3.05, 3.63) is 12.4 Å². The van der Waals surface area contributed by atoms with E-state index in [0.29, 0.717) is 4.59 Å². The van der Waals surface area contributed by atoms with Crippen LogP contribution in [0.15, 0.2) is 27.7 Å². The SMILES string of the molecule is CCCCC(N)N=N[N+]1(C)C=CN=C1C. The monoisotopic (exact) mass is 210 g/mol. The summed E-state index contributed by atoms with van der Waals surface area (Å²) in [6, 6.07) is 0. The quantitative estimate of drug-likeness (QED) is 0.548. The second-order valence-electron chi connectivity index (χ2n) is 3.92. The van der Waals surface area contributed by atoms with Crippen LogP contribution in [0, 0.1) is 0 Å². The smallest absolute Gasteiger partial charge is 0.232 e. The molecular weight excluding hydrogens is 190 g/mol. The van der Waals surface area contributed by atoms with E-state index in [1.165, 1.54) is 0 Å². The highest BCUT2D eigenvalue weighted by Gasteiger charge is 2.27. The van der Waals surface area contributed by atoms with Crippen LogP contribution in [-0.2, 0) is 0 Å². The van der Waals surface area contributed by atoms with Crippen molar-refractivity contribution in [1.82, 2.24) is 0 Å². The van der Waals surface area contributed by atoms with E-state index in [-0.39, 0.29) is 6.17 Å². The molecule has 1 aliphatic rings. The molecule has 0 aromatic rings. The topological polar surface area (TPSA) is 63.1 Å². The van der Waals surface area contributed by atoms with Gasteiger partial charge in [-0.15, -0.1) is 9.71 Å². The third-order valence-corrected chi connectivity index (χ3v) is 2.51. The highest BCUT2D eigenvalue weighted by atomic mass is 15.7. The zero-order valence-electron chi connectivity index (χ0n) is 9.72. The molecule has 2 atom stereocenters. The first-order valence-electron chi connectivity index (χ1n) is 5.35. The van der Waals surface area contributed by atoms with E-state index in [9.17, 15) is 0 Å². The van der Waals surface area contributed by atoms with Crippen molar-refractivity contribution < 1.29 is 4.59 Å². The summed E-state index contributed by atoms with van der Waals surface area (Å²) in [5.74, 6) is 0.904. The summed E-state index contributed by atoms with van der Waals surface area (Å²) in [6.07, 6.45) is 6.54. The lowest BCUT2D eigenvalue weighted by Gasteiger charge is -2.16. The van der Waals surface area contributed by atoms with E-state index in [2.05, 4.69) is 22.3 Å². The van der Waals surface area contributed by atoms with Crippen molar-refractivity contribution in [2.75, 3.05) is 7.05 Å². The molecule has 2 unspecified atom stereocenters. The Morgan fingerprint density at radius 1 is 1.60 bits per heavy atom. The Morgan fingerprint density at radius 3 is 2.87 bits per heavy atom. The molecular formula is C10H20N5+. The van der Waals surface area contributed by atoms with E-state index < -0.39 is 0 Å². The van der Waals surface area contributed by atoms with Gasteiger partial charge in [0.25, 0.3) is 0 Å². The van der Waals surface area contributed by atoms with E-state index >= 15 is 0 Å². The average Bonchev–Trinajstić information content (AvgIpc) is 2.54. The fraction of sp³-hybridized carbons (Fsp3) is 0.700. The molecule has 0 bridgehead atoms. The van der Waals surface area contributed by atoms with E-state index in [1.807, 2.05) is 20.2 Å². The Bertz CT molecular complexity index is 294. The van der Waals surface area contributed by atoms with Gasteiger partial charge in [-0.1, -0.05) is 19.8 Å². The van der Waals surface area contributed by atoms with Crippen LogP contribution in [0.2, 0.25) is 0 Å². The first-order valence-corrected chi connectivity index (χ1v) is 5.35. The molecule has 0 amide bonds. The van der Waals surface area contributed by atoms with Crippen LogP contribution in [-0.4, -0.2) is 23.6 Å². The lowest BCUT2D eigenvalue weighted by Crippen LogP contribution is -2.35. The predicted octanol–water partition coefficient (Wildman–Crippen LogP) is 2.18. The minimum atomic E-state index is -0.193. The highest BCUT2D eigenvalue weighted by molar-refractivity contribution is 5.74. The molecule has 0 radical (unpaired) electrons. The number of unbranched alkanes of at least 4 members (excludes halogenated alkanes) is 1. The van der Waals surface area contributed by atoms with Gasteiger partial charge >= 0.3 is 0 Å². The molecule has 84 valence electrons. The van der Waals surface area contributed by atoms with Crippen molar-refractivity contribution in [3.8, 4) is 0 Å². The number of rotatable bonds is 5. The van der Waals surface area contributed by atoms with Crippen LogP contribution in [0.1, 0.15) is 33.1 Å². The fourth-order valence-electron chi connectivity index (χ4n) is 1.23. The van der Waals surface area contributed by atoms with Gasteiger partial charge in [0.05, 0.1) is 6.20 Å². The van der Waals surface area contributed by atoms with Gasteiger partial charge in [-0.25, -0.2) is 4.99 Å². The second kappa shape index (κ2) is 5.14. The number of aliphatic imine (C=N–C) groups is 1. The zero-order valence-corrected chi connectivity index (χ0v) is 9.72. The van der Waals surface area contributed by atoms with Gasteiger partial charge in [-0.3, -0.25) is 0 Å². The number of quaternary nitrogens is 1. The van der Waals surface area contributed by atoms with E-state index in [0.717, 1.165) is 25.1 Å². The minimum Gasteiger partial charge on any atom is -0.308 e. The Morgan fingerprint density at radius 2 is 2.33 bits per heavy atom. The first-order chi connectivity index (χ1) is 7.08. The summed E-state index contributed by atoms with van der Waals surface area (Å²) < 4.78 is 0.291. The minimum absolute atomic E-state index is 0.193. The van der Waals surface area contributed by atoms with Crippen molar-refractivity contribution in [1.29, 1.82) is 0 Å². The summed E-state index contributed by atoms with van der Waals surface area (Å²) in [5.41, 5.74) is 5.81. The first kappa shape index (κ1) is 12.0. The maximum Gasteiger partial charge on any atom is 0.232 e. The zero-order chi connectivity index (χ0) is 11.3. The molecule has 1 heterocycles. The summed E-state index contributed by atoms with van der Waals surface area (Å²) in [6.45, 7) is 4.06. The van der Waals surface area contributed by atoms with Crippen molar-refractivity contribution in [2.45, 2.75) is 39.3 Å². The molecule has 5 heteroatoms. The van der Waals surface area contributed by atoms with Crippen LogP contribution >= 0.6 is 0 Å². The molecule has 15 heavy (non-hydrogen) atoms. The van der Waals surface area contributed by atoms with Gasteiger partial charge in [0.1, 0.15) is 19.4 Å². The predicted molar refractivity (Wildman–Crippen MR) is 60.8 cm³/mol. The van der Waals surface area contributed by atoms with Crippen molar-refractivity contribution >= 4 is 5.84 Å². The van der Waals surface area contributed by atoms with Crippen molar-refractivity contribution in [2.24, 2.45) is 21.1 Å². The molecule has 5 nitrogen and oxygen atoms in total. The third kappa shape index (κ3) is 3.21. The Labute approximate surface area is 91.0 Å². The molecule has 0 saturated heterocycles. The maximum absolute atomic E-state index is 5.81. The molecule has 0 aromatic heterocycles. The largest absolute Gasteiger partial charge is 0.308 e. The van der Waals surface area contributed by atoms with Crippen molar-refractivity contribution in [3.63, 3.8) is 0 Å². The summed E-state index contributed by atoms with van der Waals surface area (Å²) in [5, 5.41) is 8.32. The van der Waals surface area contributed by atoms with Gasteiger partial charge in [0, 0.05) is 12.1 Å². The number of amidine groups is 1. The molecule has 0 fully saturated rings. The standard InChI is InChI=1S/C10H20N5/c1-4-5-6-10(11)13-14-15(3)8-7-12-9(15)2/h7-8,10H,4-6,11H2,1-3H3/q+1. The molecule has 1 aliphatic heterocycles. The van der Waals surface area contributed by atoms with Gasteiger partial charge in [-0.05, 0) is 6.42 Å². The van der Waals surface area contributed by atoms with E-state index in [4.69, 9.17) is 5.73 Å². The van der Waals surface area contributed by atoms with Crippen LogP contribution in [0.4, 0.5) is 0 Å². The third-order valence-electron chi connectivity index (χ3n) is 2.51. The lowest BCUT2D eigenvalue weighted by molar-refractivity contribution is -0.777. The normalized spacial score (nSPS) is 27.3. The van der Waals surface area contributed by atoms with Gasteiger partial charge in [-0.2, -0.15) is 0 Å². The van der Waals surface area contributed by atoms with Crippen LogP contribution < -0.4 is 5.73 Å². The lowest BCUT2D eigenvalue weighted by atomic mass is 10.2. The van der Waals surface area contributed by atoms with Crippen LogP contribution in [0.5, 0.6) is 0 Å². The maximum atomic E-state index is 5.81. The van der Waals surface area contributed by atoms with Gasteiger partial charge in [0.15, 0.2) is 0 Å². The molecule has 2 N–H and O–H groups in total. The Balaban J connectivity index is 2.50. The second-order valence-corrected chi connectivity index (χ2v) is 3.92. The molecule has 0 aromatic carbocycles. The molecule has 0 spiro atoms. The van der Waals surface area contributed by atoms with Crippen LogP contribution in [0.3, 0.4) is 0 Å². The fourth-order valence-corrected chi connectivity index (χ4v) is 1.23. The average molecular weight is 210 g/mol. The van der Waals surface area contributed by atoms with Crippen LogP contribution in [0.25, 0.3) is 0 Å². The number of nitrogens with zero attached hydrogens (tertiary/aromatic N) is 4. The van der Waals surface area contributed by atoms with Gasteiger partial charge < -0.3 is 5.73 Å². The number of nitrogens with two attached hydrogens (primary N) is 1. The Kier molecular flexibility index (Phi) is 4.11.